The Kier molecular flexibility index (Phi) is 4.08. The van der Waals surface area contributed by atoms with E-state index in [0.717, 1.165) is 4.88 Å². The Labute approximate surface area is 131 Å². The van der Waals surface area contributed by atoms with Crippen LogP contribution in [0, 0.1) is 11.3 Å². The van der Waals surface area contributed by atoms with Gasteiger partial charge in [0.2, 0.25) is 0 Å². The molecule has 5 nitrogen and oxygen atoms in total. The van der Waals surface area contributed by atoms with Gasteiger partial charge in [-0.15, -0.1) is 11.3 Å². The van der Waals surface area contributed by atoms with Crippen molar-refractivity contribution in [2.24, 2.45) is 0 Å². The molecule has 1 aliphatic heterocycles. The molecule has 0 saturated carbocycles. The SMILES string of the molecule is N#C/C(=C\c1cccs1)C(=O)Nc1ccc2c(c1)OCCO2. The maximum Gasteiger partial charge on any atom is 0.266 e. The summed E-state index contributed by atoms with van der Waals surface area (Å²) in [4.78, 5) is 13.0. The molecule has 0 radical (unpaired) electrons. The number of nitrogens with one attached hydrogen (secondary N) is 1. The quantitative estimate of drug-likeness (QED) is 0.698. The molecule has 1 N–H and O–H groups in total. The number of carbonyl (C=O) groups excluding carboxylic acids is 1. The standard InChI is InChI=1S/C16H12N2O3S/c17-10-11(8-13-2-1-7-22-13)16(19)18-12-3-4-14-15(9-12)21-6-5-20-14/h1-4,7-9H,5-6H2,(H,18,19)/b11-8+. The molecule has 110 valence electrons. The first-order valence-electron chi connectivity index (χ1n) is 6.62. The molecule has 6 heteroatoms. The van der Waals surface area contributed by atoms with Crippen LogP contribution in [0.15, 0.2) is 41.3 Å². The van der Waals surface area contributed by atoms with Gasteiger partial charge < -0.3 is 14.8 Å². The third kappa shape index (κ3) is 3.10. The van der Waals surface area contributed by atoms with Crippen LogP contribution in [0.5, 0.6) is 11.5 Å². The summed E-state index contributed by atoms with van der Waals surface area (Å²) < 4.78 is 10.9. The zero-order chi connectivity index (χ0) is 15.4. The second-order valence-electron chi connectivity index (χ2n) is 4.50. The maximum atomic E-state index is 12.2. The van der Waals surface area contributed by atoms with E-state index < -0.39 is 5.91 Å². The van der Waals surface area contributed by atoms with Crippen molar-refractivity contribution in [3.8, 4) is 17.6 Å². The van der Waals surface area contributed by atoms with Crippen molar-refractivity contribution in [2.45, 2.75) is 0 Å². The number of carbonyl (C=O) groups is 1. The predicted octanol–water partition coefficient (Wildman–Crippen LogP) is 3.06. The Hall–Kier alpha value is -2.78. The van der Waals surface area contributed by atoms with Crippen molar-refractivity contribution in [2.75, 3.05) is 18.5 Å². The molecule has 1 amide bonds. The molecule has 1 aliphatic rings. The minimum absolute atomic E-state index is 0.0531. The van der Waals surface area contributed by atoms with Crippen molar-refractivity contribution < 1.29 is 14.3 Å². The van der Waals surface area contributed by atoms with Crippen LogP contribution in [0.3, 0.4) is 0 Å². The molecule has 1 aromatic heterocycles. The van der Waals surface area contributed by atoms with E-state index in [1.165, 1.54) is 11.3 Å². The van der Waals surface area contributed by atoms with E-state index in [2.05, 4.69) is 5.32 Å². The fourth-order valence-electron chi connectivity index (χ4n) is 1.98. The molecule has 1 aromatic carbocycles. The molecule has 0 bridgehead atoms. The van der Waals surface area contributed by atoms with E-state index in [0.29, 0.717) is 30.4 Å². The van der Waals surface area contributed by atoms with Crippen LogP contribution in [-0.2, 0) is 4.79 Å². The Morgan fingerprint density at radius 1 is 1.27 bits per heavy atom. The summed E-state index contributed by atoms with van der Waals surface area (Å²) >= 11 is 1.46. The van der Waals surface area contributed by atoms with E-state index in [4.69, 9.17) is 14.7 Å². The van der Waals surface area contributed by atoms with Gasteiger partial charge >= 0.3 is 0 Å². The Morgan fingerprint density at radius 3 is 2.82 bits per heavy atom. The number of fused-ring (bicyclic) bond motifs is 1. The number of anilines is 1. The van der Waals surface area contributed by atoms with Gasteiger partial charge in [0.15, 0.2) is 11.5 Å². The first-order chi connectivity index (χ1) is 10.8. The molecule has 2 aromatic rings. The lowest BCUT2D eigenvalue weighted by Crippen LogP contribution is -2.17. The van der Waals surface area contributed by atoms with Gasteiger partial charge in [0.1, 0.15) is 24.9 Å². The first kappa shape index (κ1) is 14.2. The summed E-state index contributed by atoms with van der Waals surface area (Å²) in [5.41, 5.74) is 0.610. The summed E-state index contributed by atoms with van der Waals surface area (Å²) in [6, 6.07) is 10.8. The van der Waals surface area contributed by atoms with Gasteiger partial charge in [-0.1, -0.05) is 6.07 Å². The van der Waals surface area contributed by atoms with Crippen LogP contribution >= 0.6 is 11.3 Å². The molecule has 0 unspecified atom stereocenters. The number of thiophene rings is 1. The van der Waals surface area contributed by atoms with Crippen LogP contribution < -0.4 is 14.8 Å². The maximum absolute atomic E-state index is 12.2. The van der Waals surface area contributed by atoms with Gasteiger partial charge in [-0.3, -0.25) is 4.79 Å². The monoisotopic (exact) mass is 312 g/mol. The highest BCUT2D eigenvalue weighted by atomic mass is 32.1. The number of hydrogen-bond donors (Lipinski definition) is 1. The zero-order valence-electron chi connectivity index (χ0n) is 11.5. The highest BCUT2D eigenvalue weighted by Gasteiger charge is 2.14. The second-order valence-corrected chi connectivity index (χ2v) is 5.48. The van der Waals surface area contributed by atoms with E-state index >= 15 is 0 Å². The summed E-state index contributed by atoms with van der Waals surface area (Å²) in [5, 5.41) is 13.7. The van der Waals surface area contributed by atoms with Gasteiger partial charge in [0.25, 0.3) is 5.91 Å². The molecule has 0 saturated heterocycles. The van der Waals surface area contributed by atoms with E-state index in [9.17, 15) is 4.79 Å². The number of nitriles is 1. The number of benzene rings is 1. The number of nitrogens with zero attached hydrogens (tertiary/aromatic N) is 1. The third-order valence-electron chi connectivity index (χ3n) is 2.99. The largest absolute Gasteiger partial charge is 0.486 e. The zero-order valence-corrected chi connectivity index (χ0v) is 12.4. The fourth-order valence-corrected chi connectivity index (χ4v) is 2.64. The fraction of sp³-hybridized carbons (Fsp3) is 0.125. The van der Waals surface area contributed by atoms with Crippen LogP contribution in [0.25, 0.3) is 6.08 Å². The molecular weight excluding hydrogens is 300 g/mol. The number of rotatable bonds is 3. The average molecular weight is 312 g/mol. The van der Waals surface area contributed by atoms with E-state index in [1.807, 2.05) is 23.6 Å². The predicted molar refractivity (Wildman–Crippen MR) is 84.0 cm³/mol. The highest BCUT2D eigenvalue weighted by molar-refractivity contribution is 7.10. The normalized spacial score (nSPS) is 13.3. The van der Waals surface area contributed by atoms with Crippen LogP contribution in [0.2, 0.25) is 0 Å². The molecule has 22 heavy (non-hydrogen) atoms. The lowest BCUT2D eigenvalue weighted by atomic mass is 10.2. The molecule has 0 aliphatic carbocycles. The summed E-state index contributed by atoms with van der Waals surface area (Å²) in [5.74, 6) is 0.788. The molecule has 0 atom stereocenters. The summed E-state index contributed by atoms with van der Waals surface area (Å²) in [6.07, 6.45) is 1.57. The lowest BCUT2D eigenvalue weighted by Gasteiger charge is -2.18. The van der Waals surface area contributed by atoms with Gasteiger partial charge in [0, 0.05) is 16.6 Å². The summed E-state index contributed by atoms with van der Waals surface area (Å²) in [7, 11) is 0. The second kappa shape index (κ2) is 6.33. The number of ether oxygens (including phenoxy) is 2. The highest BCUT2D eigenvalue weighted by Crippen LogP contribution is 2.32. The van der Waals surface area contributed by atoms with Crippen LogP contribution in [-0.4, -0.2) is 19.1 Å². The number of hydrogen-bond acceptors (Lipinski definition) is 5. The van der Waals surface area contributed by atoms with Crippen molar-refractivity contribution in [3.63, 3.8) is 0 Å². The molecular formula is C16H12N2O3S. The average Bonchev–Trinajstić information content (AvgIpc) is 3.05. The molecule has 2 heterocycles. The van der Waals surface area contributed by atoms with E-state index in [-0.39, 0.29) is 5.57 Å². The van der Waals surface area contributed by atoms with Gasteiger partial charge in [-0.25, -0.2) is 0 Å². The van der Waals surface area contributed by atoms with Crippen molar-refractivity contribution in [1.82, 2.24) is 0 Å². The Balaban J connectivity index is 1.77. The van der Waals surface area contributed by atoms with Crippen LogP contribution in [0.1, 0.15) is 4.88 Å². The lowest BCUT2D eigenvalue weighted by molar-refractivity contribution is -0.112. The minimum Gasteiger partial charge on any atom is -0.486 e. The number of amides is 1. The Morgan fingerprint density at radius 2 is 2.09 bits per heavy atom. The summed E-state index contributed by atoms with van der Waals surface area (Å²) in [6.45, 7) is 0.993. The first-order valence-corrected chi connectivity index (χ1v) is 7.50. The smallest absolute Gasteiger partial charge is 0.266 e. The van der Waals surface area contributed by atoms with Gasteiger partial charge in [-0.05, 0) is 29.7 Å². The van der Waals surface area contributed by atoms with Crippen molar-refractivity contribution in [1.29, 1.82) is 5.26 Å². The molecule has 0 fully saturated rings. The third-order valence-corrected chi connectivity index (χ3v) is 3.81. The van der Waals surface area contributed by atoms with Gasteiger partial charge in [-0.2, -0.15) is 5.26 Å². The topological polar surface area (TPSA) is 71.4 Å². The molecule has 3 rings (SSSR count). The van der Waals surface area contributed by atoms with Crippen molar-refractivity contribution >= 4 is 29.0 Å². The van der Waals surface area contributed by atoms with Crippen molar-refractivity contribution in [3.05, 3.63) is 46.2 Å². The minimum atomic E-state index is -0.451. The molecule has 0 spiro atoms. The van der Waals surface area contributed by atoms with Crippen LogP contribution in [0.4, 0.5) is 5.69 Å². The van der Waals surface area contributed by atoms with Gasteiger partial charge in [0.05, 0.1) is 0 Å². The van der Waals surface area contributed by atoms with E-state index in [1.54, 1.807) is 24.3 Å². The Bertz CT molecular complexity index is 760.